The van der Waals surface area contributed by atoms with Gasteiger partial charge in [-0.25, -0.2) is 9.59 Å². The third-order valence-electron chi connectivity index (χ3n) is 6.49. The van der Waals surface area contributed by atoms with E-state index >= 15 is 0 Å². The molecule has 0 spiro atoms. The number of nitrogens with zero attached hydrogens (tertiary/aromatic N) is 2. The van der Waals surface area contributed by atoms with Crippen LogP contribution in [0.2, 0.25) is 0 Å². The molecule has 3 rings (SSSR count). The normalized spacial score (nSPS) is 15.8. The van der Waals surface area contributed by atoms with Crippen molar-refractivity contribution in [2.45, 2.75) is 57.9 Å². The first-order valence-electron chi connectivity index (χ1n) is 13.9. The number of nitrogens with one attached hydrogen (secondary N) is 2. The van der Waals surface area contributed by atoms with Crippen LogP contribution in [0.15, 0.2) is 79.9 Å². The summed E-state index contributed by atoms with van der Waals surface area (Å²) in [5.74, 6) is -0.184. The summed E-state index contributed by atoms with van der Waals surface area (Å²) in [4.78, 5) is 42.3. The molecule has 1 aliphatic rings. The molecule has 220 valence electrons. The molecular formula is C32H42N4O5. The van der Waals surface area contributed by atoms with Crippen LogP contribution < -0.4 is 15.5 Å². The lowest BCUT2D eigenvalue weighted by atomic mass is 10.0. The second-order valence-corrected chi connectivity index (χ2v) is 10.9. The Morgan fingerprint density at radius 2 is 1.80 bits per heavy atom. The second-order valence-electron chi connectivity index (χ2n) is 10.9. The number of hydrogen-bond donors (Lipinski definition) is 2. The Balaban J connectivity index is 1.78. The molecule has 2 atom stereocenters. The van der Waals surface area contributed by atoms with Crippen LogP contribution in [0.4, 0.5) is 15.3 Å². The number of anilines is 1. The van der Waals surface area contributed by atoms with Crippen LogP contribution in [0.5, 0.6) is 0 Å². The maximum atomic E-state index is 13.3. The molecule has 0 radical (unpaired) electrons. The van der Waals surface area contributed by atoms with E-state index in [4.69, 9.17) is 9.47 Å². The van der Waals surface area contributed by atoms with Crippen molar-refractivity contribution in [1.29, 1.82) is 0 Å². The summed E-state index contributed by atoms with van der Waals surface area (Å²) >= 11 is 0. The summed E-state index contributed by atoms with van der Waals surface area (Å²) in [7, 11) is 0. The highest BCUT2D eigenvalue weighted by atomic mass is 16.6. The lowest BCUT2D eigenvalue weighted by Gasteiger charge is -2.42. The molecule has 2 aromatic rings. The van der Waals surface area contributed by atoms with Crippen molar-refractivity contribution in [2.24, 2.45) is 0 Å². The van der Waals surface area contributed by atoms with Crippen molar-refractivity contribution in [2.75, 3.05) is 31.1 Å². The van der Waals surface area contributed by atoms with Gasteiger partial charge in [0.1, 0.15) is 18.2 Å². The fourth-order valence-electron chi connectivity index (χ4n) is 4.50. The van der Waals surface area contributed by atoms with Gasteiger partial charge in [-0.05, 0) is 56.9 Å². The molecule has 0 bridgehead atoms. The molecule has 0 aliphatic carbocycles. The first-order chi connectivity index (χ1) is 19.6. The van der Waals surface area contributed by atoms with Crippen molar-refractivity contribution in [3.05, 3.63) is 91.0 Å². The minimum atomic E-state index is -0.639. The van der Waals surface area contributed by atoms with Crippen molar-refractivity contribution >= 4 is 23.8 Å². The van der Waals surface area contributed by atoms with Crippen LogP contribution in [0.1, 0.15) is 50.8 Å². The summed E-state index contributed by atoms with van der Waals surface area (Å²) in [6.07, 6.45) is 3.63. The van der Waals surface area contributed by atoms with E-state index in [0.717, 1.165) is 16.8 Å². The Hall–Kier alpha value is -4.27. The first kappa shape index (κ1) is 31.3. The van der Waals surface area contributed by atoms with Gasteiger partial charge in [0.15, 0.2) is 0 Å². The quantitative estimate of drug-likeness (QED) is 0.283. The van der Waals surface area contributed by atoms with E-state index in [2.05, 4.69) is 23.8 Å². The molecule has 9 nitrogen and oxygen atoms in total. The van der Waals surface area contributed by atoms with Crippen LogP contribution in [0.25, 0.3) is 0 Å². The number of carbonyl (C=O) groups is 3. The standard InChI is InChI=1S/C32H42N4O5/c1-6-8-18-33-29(37)28-22-35(31(39)41-32(3,4)5)19-20-36(28)26-17-12-16-25(21-26)27(13-7-2)34-30(38)40-23-24-14-10-9-11-15-24/h6-7,9-12,14-17,21,27-28H,1-2,8,13,18-20,22-23H2,3-5H3,(H,33,37)(H,34,38)/t27-,28+/m0/s1. The van der Waals surface area contributed by atoms with E-state index in [9.17, 15) is 14.4 Å². The van der Waals surface area contributed by atoms with Crippen molar-refractivity contribution in [1.82, 2.24) is 15.5 Å². The number of amides is 3. The Labute approximate surface area is 243 Å². The molecule has 0 saturated carbocycles. The molecule has 3 amide bonds. The molecule has 1 aliphatic heterocycles. The monoisotopic (exact) mass is 562 g/mol. The minimum Gasteiger partial charge on any atom is -0.445 e. The van der Waals surface area contributed by atoms with Crippen LogP contribution in [-0.2, 0) is 20.9 Å². The molecule has 0 unspecified atom stereocenters. The highest BCUT2D eigenvalue weighted by molar-refractivity contribution is 5.86. The summed E-state index contributed by atoms with van der Waals surface area (Å²) in [6, 6.07) is 16.2. The lowest BCUT2D eigenvalue weighted by molar-refractivity contribution is -0.123. The molecule has 1 saturated heterocycles. The van der Waals surface area contributed by atoms with Gasteiger partial charge in [0, 0.05) is 25.3 Å². The van der Waals surface area contributed by atoms with Gasteiger partial charge in [-0.3, -0.25) is 4.79 Å². The topological polar surface area (TPSA) is 100 Å². The fraction of sp³-hybridized carbons (Fsp3) is 0.406. The van der Waals surface area contributed by atoms with E-state index < -0.39 is 23.8 Å². The van der Waals surface area contributed by atoms with Gasteiger partial charge in [-0.15, -0.1) is 13.2 Å². The highest BCUT2D eigenvalue weighted by Gasteiger charge is 2.36. The average molecular weight is 563 g/mol. The van der Waals surface area contributed by atoms with Gasteiger partial charge in [0.05, 0.1) is 12.6 Å². The lowest BCUT2D eigenvalue weighted by Crippen LogP contribution is -2.60. The third kappa shape index (κ3) is 9.70. The highest BCUT2D eigenvalue weighted by Crippen LogP contribution is 2.27. The molecule has 2 aromatic carbocycles. The van der Waals surface area contributed by atoms with Gasteiger partial charge < -0.3 is 29.9 Å². The Morgan fingerprint density at radius 1 is 1.05 bits per heavy atom. The zero-order valence-electron chi connectivity index (χ0n) is 24.3. The van der Waals surface area contributed by atoms with Crippen molar-refractivity contribution < 1.29 is 23.9 Å². The molecule has 2 N–H and O–H groups in total. The predicted molar refractivity (Wildman–Crippen MR) is 161 cm³/mol. The maximum Gasteiger partial charge on any atom is 0.410 e. The van der Waals surface area contributed by atoms with Crippen LogP contribution >= 0.6 is 0 Å². The van der Waals surface area contributed by atoms with E-state index in [1.165, 1.54) is 0 Å². The summed E-state index contributed by atoms with van der Waals surface area (Å²) in [6.45, 7) is 14.6. The zero-order valence-corrected chi connectivity index (χ0v) is 24.3. The second kappa shape index (κ2) is 14.9. The van der Waals surface area contributed by atoms with Crippen molar-refractivity contribution in [3.63, 3.8) is 0 Å². The fourth-order valence-corrected chi connectivity index (χ4v) is 4.50. The van der Waals surface area contributed by atoms with E-state index in [1.54, 1.807) is 17.1 Å². The van der Waals surface area contributed by atoms with Gasteiger partial charge in [-0.1, -0.05) is 54.6 Å². The first-order valence-corrected chi connectivity index (χ1v) is 13.9. The number of alkyl carbamates (subject to hydrolysis) is 1. The number of ether oxygens (including phenoxy) is 2. The molecular weight excluding hydrogens is 520 g/mol. The summed E-state index contributed by atoms with van der Waals surface area (Å²) in [5.41, 5.74) is 1.91. The number of piperazine rings is 1. The maximum absolute atomic E-state index is 13.3. The van der Waals surface area contributed by atoms with Crippen LogP contribution in [-0.4, -0.2) is 60.8 Å². The molecule has 1 heterocycles. The summed E-state index contributed by atoms with van der Waals surface area (Å²) < 4.78 is 11.0. The van der Waals surface area contributed by atoms with Gasteiger partial charge in [0.25, 0.3) is 0 Å². The average Bonchev–Trinajstić information content (AvgIpc) is 2.95. The van der Waals surface area contributed by atoms with Gasteiger partial charge >= 0.3 is 12.2 Å². The Bertz CT molecular complexity index is 1190. The number of benzene rings is 2. The molecule has 1 fully saturated rings. The SMILES string of the molecule is C=CCCNC(=O)[C@H]1CN(C(=O)OC(C)(C)C)CCN1c1cccc([C@H](CC=C)NC(=O)OCc2ccccc2)c1. The van der Waals surface area contributed by atoms with Crippen LogP contribution in [0, 0.1) is 0 Å². The number of carbonyl (C=O) groups excluding carboxylic acids is 3. The Kier molecular flexibility index (Phi) is 11.4. The minimum absolute atomic E-state index is 0.165. The molecule has 9 heteroatoms. The van der Waals surface area contributed by atoms with E-state index in [1.807, 2.05) is 80.3 Å². The van der Waals surface area contributed by atoms with E-state index in [-0.39, 0.29) is 25.1 Å². The van der Waals surface area contributed by atoms with Gasteiger partial charge in [-0.2, -0.15) is 0 Å². The molecule has 0 aromatic heterocycles. The predicted octanol–water partition coefficient (Wildman–Crippen LogP) is 5.35. The van der Waals surface area contributed by atoms with Gasteiger partial charge in [0.2, 0.25) is 5.91 Å². The zero-order chi connectivity index (χ0) is 29.8. The number of hydrogen-bond acceptors (Lipinski definition) is 6. The molecule has 41 heavy (non-hydrogen) atoms. The van der Waals surface area contributed by atoms with Crippen molar-refractivity contribution in [3.8, 4) is 0 Å². The summed E-state index contributed by atoms with van der Waals surface area (Å²) in [5, 5.41) is 5.89. The number of rotatable bonds is 11. The van der Waals surface area contributed by atoms with Crippen LogP contribution in [0.3, 0.4) is 0 Å². The third-order valence-corrected chi connectivity index (χ3v) is 6.49. The Morgan fingerprint density at radius 3 is 2.49 bits per heavy atom. The largest absolute Gasteiger partial charge is 0.445 e. The van der Waals surface area contributed by atoms with E-state index in [0.29, 0.717) is 32.5 Å². The smallest absolute Gasteiger partial charge is 0.410 e.